The largest absolute Gasteiger partial charge is 0.403 e. The number of aromatic amines is 1. The molecule has 3 aromatic rings. The molecule has 2 N–H and O–H groups in total. The predicted octanol–water partition coefficient (Wildman–Crippen LogP) is 3.11. The first-order valence-electron chi connectivity index (χ1n) is 9.60. The van der Waals surface area contributed by atoms with Crippen LogP contribution in [0, 0.1) is 5.41 Å². The van der Waals surface area contributed by atoms with Gasteiger partial charge in [-0.2, -0.15) is 0 Å². The van der Waals surface area contributed by atoms with Gasteiger partial charge in [0, 0.05) is 19.5 Å². The summed E-state index contributed by atoms with van der Waals surface area (Å²) < 4.78 is 32.9. The van der Waals surface area contributed by atoms with Crippen molar-refractivity contribution < 1.29 is 18.0 Å². The van der Waals surface area contributed by atoms with Gasteiger partial charge in [-0.15, -0.1) is 10.2 Å². The van der Waals surface area contributed by atoms with E-state index in [-0.39, 0.29) is 30.8 Å². The highest BCUT2D eigenvalue weighted by Gasteiger charge is 2.73. The molecule has 2 atom stereocenters. The summed E-state index contributed by atoms with van der Waals surface area (Å²) >= 11 is 6.10. The zero-order valence-corrected chi connectivity index (χ0v) is 16.7. The Bertz CT molecular complexity index is 1130. The van der Waals surface area contributed by atoms with Crippen molar-refractivity contribution in [2.24, 2.45) is 5.41 Å². The van der Waals surface area contributed by atoms with Crippen molar-refractivity contribution >= 4 is 34.6 Å². The molecule has 1 aromatic carbocycles. The van der Waals surface area contributed by atoms with Gasteiger partial charge >= 0.3 is 6.01 Å². The van der Waals surface area contributed by atoms with E-state index >= 15 is 0 Å². The fraction of sp³-hybridized carbons (Fsp3) is 0.500. The number of likely N-dealkylation sites (tertiary alicyclic amines) is 1. The van der Waals surface area contributed by atoms with Crippen LogP contribution in [-0.2, 0) is 4.79 Å². The molecule has 1 spiro atoms. The molecule has 2 fully saturated rings. The quantitative estimate of drug-likeness (QED) is 0.630. The third-order valence-corrected chi connectivity index (χ3v) is 6.28. The van der Waals surface area contributed by atoms with E-state index in [1.807, 2.05) is 6.92 Å². The number of H-pyrrole nitrogens is 1. The van der Waals surface area contributed by atoms with Gasteiger partial charge in [-0.25, -0.2) is 8.78 Å². The molecule has 2 aliphatic rings. The van der Waals surface area contributed by atoms with Crippen LogP contribution in [0.25, 0.3) is 22.5 Å². The van der Waals surface area contributed by atoms with E-state index in [1.54, 1.807) is 12.1 Å². The van der Waals surface area contributed by atoms with Crippen molar-refractivity contribution in [1.29, 1.82) is 0 Å². The fourth-order valence-corrected chi connectivity index (χ4v) is 4.26. The lowest BCUT2D eigenvalue weighted by molar-refractivity contribution is -0.131. The van der Waals surface area contributed by atoms with Crippen LogP contribution in [0.4, 0.5) is 14.8 Å². The summed E-state index contributed by atoms with van der Waals surface area (Å²) in [5.41, 5.74) is 0.560. The Morgan fingerprint density at radius 1 is 1.40 bits per heavy atom. The number of anilines is 1. The number of nitrogens with one attached hydrogen (secondary N) is 2. The fourth-order valence-electron chi connectivity index (χ4n) is 4.06. The molecular formula is C18H18ClF2N7O2. The normalized spacial score (nSPS) is 23.3. The monoisotopic (exact) mass is 437 g/mol. The zero-order chi connectivity index (χ0) is 21.1. The van der Waals surface area contributed by atoms with Crippen LogP contribution >= 0.6 is 11.6 Å². The number of alkyl halides is 2. The third kappa shape index (κ3) is 2.91. The molecule has 30 heavy (non-hydrogen) atoms. The summed E-state index contributed by atoms with van der Waals surface area (Å²) in [5, 5.41) is 21.8. The summed E-state index contributed by atoms with van der Waals surface area (Å²) in [5.74, 6) is -2.71. The lowest BCUT2D eigenvalue weighted by atomic mass is 10.1. The van der Waals surface area contributed by atoms with E-state index < -0.39 is 17.4 Å². The van der Waals surface area contributed by atoms with Gasteiger partial charge in [-0.05, 0) is 25.0 Å². The summed E-state index contributed by atoms with van der Waals surface area (Å²) in [6, 6.07) is 2.75. The third-order valence-electron chi connectivity index (χ3n) is 5.98. The standard InChI is InChI=1S/C18H18ClF2N7O2/c1-2-11(15(29)28-6-5-17(8-28)7-18(17,20)21)22-16-26-25-14(30-16)9-3-4-10(19)13-12(9)23-27-24-13/h3-4,11H,2,5-8H2,1H3,(H,22,26)(H,23,24,27)/t11-,17+/m0/s1. The molecule has 9 nitrogen and oxygen atoms in total. The van der Waals surface area contributed by atoms with Crippen LogP contribution in [-0.4, -0.2) is 61.5 Å². The molecule has 1 amide bonds. The molecule has 1 aliphatic carbocycles. The van der Waals surface area contributed by atoms with E-state index in [9.17, 15) is 13.6 Å². The van der Waals surface area contributed by atoms with E-state index in [0.717, 1.165) is 0 Å². The number of carbonyl (C=O) groups is 1. The molecule has 0 bridgehead atoms. The summed E-state index contributed by atoms with van der Waals surface area (Å²) in [4.78, 5) is 14.4. The Hall–Kier alpha value is -2.82. The maximum Gasteiger partial charge on any atom is 0.316 e. The number of fused-ring (bicyclic) bond motifs is 1. The van der Waals surface area contributed by atoms with Crippen LogP contribution in [0.15, 0.2) is 16.5 Å². The second kappa shape index (κ2) is 6.59. The number of hydrogen-bond acceptors (Lipinski definition) is 7. The van der Waals surface area contributed by atoms with Crippen molar-refractivity contribution in [3.8, 4) is 11.5 Å². The average Bonchev–Trinajstić information content (AvgIpc) is 3.27. The molecule has 5 rings (SSSR count). The van der Waals surface area contributed by atoms with Gasteiger partial charge in [0.25, 0.3) is 11.8 Å². The van der Waals surface area contributed by atoms with Crippen LogP contribution in [0.5, 0.6) is 0 Å². The molecule has 3 heterocycles. The second-order valence-electron chi connectivity index (χ2n) is 7.82. The van der Waals surface area contributed by atoms with Gasteiger partial charge in [0.05, 0.1) is 21.5 Å². The first kappa shape index (κ1) is 19.2. The number of rotatable bonds is 5. The van der Waals surface area contributed by atoms with Crippen molar-refractivity contribution in [1.82, 2.24) is 30.5 Å². The minimum absolute atomic E-state index is 0.0615. The second-order valence-corrected chi connectivity index (χ2v) is 8.23. The van der Waals surface area contributed by atoms with Gasteiger partial charge < -0.3 is 14.6 Å². The Balaban J connectivity index is 1.32. The number of benzene rings is 1. The minimum Gasteiger partial charge on any atom is -0.403 e. The summed E-state index contributed by atoms with van der Waals surface area (Å²) in [6.07, 6.45) is 0.628. The Kier molecular flexibility index (Phi) is 4.21. The van der Waals surface area contributed by atoms with Crippen LogP contribution in [0.1, 0.15) is 26.2 Å². The number of halogens is 3. The molecule has 1 saturated heterocycles. The molecule has 158 valence electrons. The SMILES string of the molecule is CC[C@H](Nc1nnc(-c2ccc(Cl)c3nn[nH]c23)o1)C(=O)N1CC[C@]2(C1)CC2(F)F. The molecule has 2 aromatic heterocycles. The molecule has 1 saturated carbocycles. The van der Waals surface area contributed by atoms with E-state index in [1.165, 1.54) is 4.90 Å². The molecule has 0 unspecified atom stereocenters. The number of carbonyl (C=O) groups excluding carboxylic acids is 1. The Labute approximate surface area is 174 Å². The number of amides is 1. The zero-order valence-electron chi connectivity index (χ0n) is 16.0. The van der Waals surface area contributed by atoms with Gasteiger partial charge in [-0.3, -0.25) is 9.89 Å². The Morgan fingerprint density at radius 3 is 2.90 bits per heavy atom. The topological polar surface area (TPSA) is 113 Å². The smallest absolute Gasteiger partial charge is 0.316 e. The van der Waals surface area contributed by atoms with E-state index in [4.69, 9.17) is 16.0 Å². The van der Waals surface area contributed by atoms with E-state index in [0.29, 0.717) is 41.0 Å². The number of aromatic nitrogens is 5. The van der Waals surface area contributed by atoms with Crippen LogP contribution in [0.2, 0.25) is 5.02 Å². The van der Waals surface area contributed by atoms with Crippen LogP contribution < -0.4 is 5.32 Å². The van der Waals surface area contributed by atoms with Crippen molar-refractivity contribution in [3.63, 3.8) is 0 Å². The van der Waals surface area contributed by atoms with Crippen molar-refractivity contribution in [2.45, 2.75) is 38.2 Å². The average molecular weight is 438 g/mol. The van der Waals surface area contributed by atoms with Crippen molar-refractivity contribution in [2.75, 3.05) is 18.4 Å². The first-order chi connectivity index (χ1) is 14.3. The predicted molar refractivity (Wildman–Crippen MR) is 103 cm³/mol. The summed E-state index contributed by atoms with van der Waals surface area (Å²) in [6.45, 7) is 2.24. The van der Waals surface area contributed by atoms with Crippen molar-refractivity contribution in [3.05, 3.63) is 17.2 Å². The minimum atomic E-state index is -2.66. The lowest BCUT2D eigenvalue weighted by Crippen LogP contribution is -2.42. The van der Waals surface area contributed by atoms with Gasteiger partial charge in [0.15, 0.2) is 0 Å². The lowest BCUT2D eigenvalue weighted by Gasteiger charge is -2.22. The number of nitrogens with zero attached hydrogens (tertiary/aromatic N) is 5. The first-order valence-corrected chi connectivity index (χ1v) is 9.98. The maximum atomic E-state index is 13.6. The highest BCUT2D eigenvalue weighted by atomic mass is 35.5. The maximum absolute atomic E-state index is 13.6. The molecule has 0 radical (unpaired) electrons. The molecule has 1 aliphatic heterocycles. The Morgan fingerprint density at radius 2 is 2.20 bits per heavy atom. The number of hydrogen-bond donors (Lipinski definition) is 2. The van der Waals surface area contributed by atoms with E-state index in [2.05, 4.69) is 30.9 Å². The van der Waals surface area contributed by atoms with Gasteiger partial charge in [-0.1, -0.05) is 28.8 Å². The highest BCUT2D eigenvalue weighted by molar-refractivity contribution is 6.35. The van der Waals surface area contributed by atoms with Crippen LogP contribution in [0.3, 0.4) is 0 Å². The van der Waals surface area contributed by atoms with Gasteiger partial charge in [0.2, 0.25) is 5.91 Å². The molecular weight excluding hydrogens is 420 g/mol. The highest BCUT2D eigenvalue weighted by Crippen LogP contribution is 2.65. The van der Waals surface area contributed by atoms with Gasteiger partial charge in [0.1, 0.15) is 11.6 Å². The summed E-state index contributed by atoms with van der Waals surface area (Å²) in [7, 11) is 0. The molecule has 12 heteroatoms.